The van der Waals surface area contributed by atoms with E-state index in [1.54, 1.807) is 28.6 Å². The summed E-state index contributed by atoms with van der Waals surface area (Å²) in [6, 6.07) is 12.8. The van der Waals surface area contributed by atoms with Crippen molar-refractivity contribution >= 4 is 21.6 Å². The Bertz CT molecular complexity index is 981. The molecule has 30 heavy (non-hydrogen) atoms. The highest BCUT2D eigenvalue weighted by molar-refractivity contribution is 7.89. The Hall–Kier alpha value is -2.22. The van der Waals surface area contributed by atoms with Gasteiger partial charge in [0.25, 0.3) is 5.91 Å². The van der Waals surface area contributed by atoms with Crippen molar-refractivity contribution in [2.24, 2.45) is 0 Å². The van der Waals surface area contributed by atoms with Crippen LogP contribution in [0.25, 0.3) is 0 Å². The van der Waals surface area contributed by atoms with E-state index in [1.807, 2.05) is 7.05 Å². The highest BCUT2D eigenvalue weighted by Gasteiger charge is 2.25. The molecule has 6 nitrogen and oxygen atoms in total. The van der Waals surface area contributed by atoms with E-state index in [0.29, 0.717) is 25.3 Å². The molecule has 0 saturated carbocycles. The fourth-order valence-electron chi connectivity index (χ4n) is 3.88. The molecule has 0 bridgehead atoms. The first-order chi connectivity index (χ1) is 14.3. The number of nitrogens with one attached hydrogen (secondary N) is 2. The Balaban J connectivity index is 1.56. The molecule has 0 aromatic heterocycles. The predicted molar refractivity (Wildman–Crippen MR) is 119 cm³/mol. The van der Waals surface area contributed by atoms with Crippen LogP contribution in [0.2, 0.25) is 0 Å². The number of aryl methyl sites for hydroxylation is 2. The zero-order chi connectivity index (χ0) is 21.7. The maximum Gasteiger partial charge on any atom is 0.279 e. The second-order valence-corrected chi connectivity index (χ2v) is 10.2. The van der Waals surface area contributed by atoms with Crippen LogP contribution < -0.4 is 10.2 Å². The van der Waals surface area contributed by atoms with E-state index in [2.05, 4.69) is 37.4 Å². The Morgan fingerprint density at radius 2 is 1.70 bits per heavy atom. The number of anilines is 1. The molecule has 0 radical (unpaired) electrons. The lowest BCUT2D eigenvalue weighted by Crippen LogP contribution is -3.08. The van der Waals surface area contributed by atoms with Crippen LogP contribution in [0.1, 0.15) is 36.0 Å². The van der Waals surface area contributed by atoms with E-state index in [0.717, 1.165) is 30.7 Å². The Morgan fingerprint density at radius 1 is 1.03 bits per heavy atom. The second-order valence-electron chi connectivity index (χ2n) is 8.28. The van der Waals surface area contributed by atoms with Crippen LogP contribution in [0.4, 0.5) is 5.69 Å². The van der Waals surface area contributed by atoms with Gasteiger partial charge in [-0.15, -0.1) is 0 Å². The largest absolute Gasteiger partial charge is 0.326 e. The lowest BCUT2D eigenvalue weighted by Gasteiger charge is -2.25. The third kappa shape index (κ3) is 5.68. The van der Waals surface area contributed by atoms with E-state index in [-0.39, 0.29) is 10.8 Å². The van der Waals surface area contributed by atoms with E-state index < -0.39 is 10.0 Å². The van der Waals surface area contributed by atoms with Gasteiger partial charge in [0.05, 0.1) is 11.9 Å². The molecular weight excluding hydrogens is 398 g/mol. The Morgan fingerprint density at radius 3 is 2.33 bits per heavy atom. The standard InChI is InChI=1S/C23H31N3O3S/c1-18-7-8-20(19(2)15-18)16-25(3)17-23(27)24-21-9-11-22(12-10-21)30(28,29)26-13-5-4-6-14-26/h7-12,15H,4-6,13-14,16-17H2,1-3H3,(H,24,27)/p+1. The number of carbonyl (C=O) groups is 1. The molecule has 162 valence electrons. The van der Waals surface area contributed by atoms with Crippen LogP contribution in [0.15, 0.2) is 47.4 Å². The molecule has 2 aromatic carbocycles. The zero-order valence-corrected chi connectivity index (χ0v) is 18.9. The maximum absolute atomic E-state index is 12.7. The number of quaternary nitrogens is 1. The smallest absolute Gasteiger partial charge is 0.279 e. The molecule has 1 fully saturated rings. The zero-order valence-electron chi connectivity index (χ0n) is 18.1. The Labute approximate surface area is 179 Å². The van der Waals surface area contributed by atoms with Crippen molar-refractivity contribution in [1.29, 1.82) is 0 Å². The first-order valence-corrected chi connectivity index (χ1v) is 12.0. The molecule has 1 aliphatic rings. The molecule has 1 saturated heterocycles. The number of benzene rings is 2. The molecule has 0 spiro atoms. The molecule has 3 rings (SSSR count). The van der Waals surface area contributed by atoms with Crippen LogP contribution in [0, 0.1) is 13.8 Å². The molecule has 1 aliphatic heterocycles. The number of likely N-dealkylation sites (N-methyl/N-ethyl adjacent to an activating group) is 1. The fraction of sp³-hybridized carbons (Fsp3) is 0.435. The number of nitrogens with zero attached hydrogens (tertiary/aromatic N) is 1. The molecule has 1 unspecified atom stereocenters. The predicted octanol–water partition coefficient (Wildman–Crippen LogP) is 2.13. The quantitative estimate of drug-likeness (QED) is 0.707. The summed E-state index contributed by atoms with van der Waals surface area (Å²) in [5.41, 5.74) is 4.31. The first kappa shape index (κ1) is 22.5. The number of hydrogen-bond acceptors (Lipinski definition) is 3. The summed E-state index contributed by atoms with van der Waals surface area (Å²) < 4.78 is 27.0. The van der Waals surface area contributed by atoms with Crippen LogP contribution in [0.5, 0.6) is 0 Å². The summed E-state index contributed by atoms with van der Waals surface area (Å²) >= 11 is 0. The lowest BCUT2D eigenvalue weighted by molar-refractivity contribution is -0.885. The number of sulfonamides is 1. The van der Waals surface area contributed by atoms with Gasteiger partial charge < -0.3 is 10.2 Å². The van der Waals surface area contributed by atoms with Gasteiger partial charge in [0.15, 0.2) is 6.54 Å². The van der Waals surface area contributed by atoms with Gasteiger partial charge >= 0.3 is 0 Å². The van der Waals surface area contributed by atoms with E-state index >= 15 is 0 Å². The van der Waals surface area contributed by atoms with Gasteiger partial charge in [0.1, 0.15) is 6.54 Å². The molecule has 2 N–H and O–H groups in total. The monoisotopic (exact) mass is 430 g/mol. The van der Waals surface area contributed by atoms with Crippen molar-refractivity contribution < 1.29 is 18.1 Å². The summed E-state index contributed by atoms with van der Waals surface area (Å²) in [4.78, 5) is 13.8. The Kier molecular flexibility index (Phi) is 7.28. The van der Waals surface area contributed by atoms with Crippen LogP contribution >= 0.6 is 0 Å². The van der Waals surface area contributed by atoms with Crippen molar-refractivity contribution in [3.63, 3.8) is 0 Å². The van der Waals surface area contributed by atoms with Gasteiger partial charge in [-0.05, 0) is 56.5 Å². The number of amides is 1. The third-order valence-electron chi connectivity index (χ3n) is 5.54. The van der Waals surface area contributed by atoms with Crippen molar-refractivity contribution in [3.05, 3.63) is 59.2 Å². The van der Waals surface area contributed by atoms with Crippen molar-refractivity contribution in [2.75, 3.05) is 32.0 Å². The SMILES string of the molecule is Cc1ccc(C[NH+](C)CC(=O)Nc2ccc(S(=O)(=O)N3CCCCC3)cc2)c(C)c1. The highest BCUT2D eigenvalue weighted by Crippen LogP contribution is 2.22. The summed E-state index contributed by atoms with van der Waals surface area (Å²) in [6.45, 7) is 6.43. The van der Waals surface area contributed by atoms with Crippen LogP contribution in [0.3, 0.4) is 0 Å². The van der Waals surface area contributed by atoms with Gasteiger partial charge in [0.2, 0.25) is 10.0 Å². The molecule has 7 heteroatoms. The average molecular weight is 431 g/mol. The number of carbonyl (C=O) groups excluding carboxylic acids is 1. The number of rotatable bonds is 7. The summed E-state index contributed by atoms with van der Waals surface area (Å²) in [5.74, 6) is -0.0936. The molecular formula is C23H32N3O3S+. The van der Waals surface area contributed by atoms with Gasteiger partial charge in [-0.3, -0.25) is 4.79 Å². The van der Waals surface area contributed by atoms with Crippen molar-refractivity contribution in [3.8, 4) is 0 Å². The minimum Gasteiger partial charge on any atom is -0.326 e. The summed E-state index contributed by atoms with van der Waals surface area (Å²) in [6.07, 6.45) is 2.90. The molecule has 2 aromatic rings. The maximum atomic E-state index is 12.7. The van der Waals surface area contributed by atoms with E-state index in [4.69, 9.17) is 0 Å². The molecule has 1 heterocycles. The second kappa shape index (κ2) is 9.73. The van der Waals surface area contributed by atoms with Gasteiger partial charge in [-0.25, -0.2) is 8.42 Å². The van der Waals surface area contributed by atoms with Crippen molar-refractivity contribution in [1.82, 2.24) is 4.31 Å². The van der Waals surface area contributed by atoms with Gasteiger partial charge in [-0.1, -0.05) is 30.2 Å². The van der Waals surface area contributed by atoms with E-state index in [1.165, 1.54) is 16.7 Å². The molecule has 0 aliphatic carbocycles. The normalized spacial score (nSPS) is 16.2. The van der Waals surface area contributed by atoms with E-state index in [9.17, 15) is 13.2 Å². The topological polar surface area (TPSA) is 70.9 Å². The average Bonchev–Trinajstić information content (AvgIpc) is 2.71. The van der Waals surface area contributed by atoms with Gasteiger partial charge in [-0.2, -0.15) is 4.31 Å². The van der Waals surface area contributed by atoms with Crippen LogP contribution in [-0.4, -0.2) is 45.3 Å². The number of piperidine rings is 1. The lowest BCUT2D eigenvalue weighted by atomic mass is 10.1. The highest BCUT2D eigenvalue weighted by atomic mass is 32.2. The van der Waals surface area contributed by atoms with Crippen LogP contribution in [-0.2, 0) is 21.4 Å². The minimum atomic E-state index is -3.45. The van der Waals surface area contributed by atoms with Gasteiger partial charge in [0, 0.05) is 24.3 Å². The fourth-order valence-corrected chi connectivity index (χ4v) is 5.39. The summed E-state index contributed by atoms with van der Waals surface area (Å²) in [5, 5.41) is 2.87. The molecule has 1 atom stereocenters. The first-order valence-electron chi connectivity index (χ1n) is 10.5. The van der Waals surface area contributed by atoms with Crippen molar-refractivity contribution in [2.45, 2.75) is 44.6 Å². The molecule has 1 amide bonds. The number of hydrogen-bond donors (Lipinski definition) is 2. The summed E-state index contributed by atoms with van der Waals surface area (Å²) in [7, 11) is -1.46. The minimum absolute atomic E-state index is 0.0936. The third-order valence-corrected chi connectivity index (χ3v) is 7.46.